The van der Waals surface area contributed by atoms with E-state index < -0.39 is 5.82 Å². The molecule has 2 aromatic rings. The summed E-state index contributed by atoms with van der Waals surface area (Å²) in [7, 11) is 0. The molecular weight excluding hydrogens is 290 g/mol. The van der Waals surface area contributed by atoms with Gasteiger partial charge < -0.3 is 4.74 Å². The van der Waals surface area contributed by atoms with Crippen LogP contribution in [0.4, 0.5) is 4.39 Å². The minimum atomic E-state index is -0.619. The smallest absolute Gasteiger partial charge is 0.224 e. The van der Waals surface area contributed by atoms with Gasteiger partial charge in [-0.2, -0.15) is 4.98 Å². The average Bonchev–Trinajstić information content (AvgIpc) is 3.18. The Labute approximate surface area is 119 Å². The number of hydrogen-bond acceptors (Lipinski definition) is 3. The topological polar surface area (TPSA) is 35.0 Å². The highest BCUT2D eigenvalue weighted by Gasteiger charge is 2.27. The molecule has 0 spiro atoms. The van der Waals surface area contributed by atoms with E-state index in [9.17, 15) is 4.39 Å². The molecular formula is C13H9Cl2FN2O. The van der Waals surface area contributed by atoms with Crippen LogP contribution >= 0.6 is 23.2 Å². The Morgan fingerprint density at radius 2 is 2.00 bits per heavy atom. The van der Waals surface area contributed by atoms with Crippen molar-refractivity contribution in [3.8, 4) is 11.6 Å². The van der Waals surface area contributed by atoms with Crippen LogP contribution in [0.1, 0.15) is 24.6 Å². The van der Waals surface area contributed by atoms with Gasteiger partial charge in [-0.05, 0) is 25.0 Å². The van der Waals surface area contributed by atoms with Gasteiger partial charge in [-0.3, -0.25) is 0 Å². The van der Waals surface area contributed by atoms with Crippen molar-refractivity contribution < 1.29 is 9.13 Å². The number of aromatic nitrogens is 2. The van der Waals surface area contributed by atoms with Gasteiger partial charge in [-0.1, -0.05) is 29.3 Å². The lowest BCUT2D eigenvalue weighted by atomic mass is 10.3. The van der Waals surface area contributed by atoms with Gasteiger partial charge in [0.15, 0.2) is 11.6 Å². The predicted octanol–water partition coefficient (Wildman–Crippen LogP) is 4.59. The molecule has 1 fully saturated rings. The Morgan fingerprint density at radius 3 is 2.74 bits per heavy atom. The summed E-state index contributed by atoms with van der Waals surface area (Å²) >= 11 is 11.6. The molecule has 0 aliphatic heterocycles. The van der Waals surface area contributed by atoms with Crippen LogP contribution < -0.4 is 4.74 Å². The highest BCUT2D eigenvalue weighted by molar-refractivity contribution is 6.30. The van der Waals surface area contributed by atoms with Crippen LogP contribution in [-0.4, -0.2) is 9.97 Å². The van der Waals surface area contributed by atoms with E-state index in [0.717, 1.165) is 12.8 Å². The van der Waals surface area contributed by atoms with Crippen molar-refractivity contribution >= 4 is 23.2 Å². The summed E-state index contributed by atoms with van der Waals surface area (Å²) in [6, 6.07) is 5.99. The van der Waals surface area contributed by atoms with E-state index in [1.165, 1.54) is 18.2 Å². The highest BCUT2D eigenvalue weighted by atomic mass is 35.5. The van der Waals surface area contributed by atoms with Crippen LogP contribution in [0.3, 0.4) is 0 Å². The molecule has 1 aromatic carbocycles. The van der Waals surface area contributed by atoms with Gasteiger partial charge in [-0.15, -0.1) is 0 Å². The van der Waals surface area contributed by atoms with Gasteiger partial charge in [0.05, 0.1) is 5.02 Å². The maximum absolute atomic E-state index is 13.7. The molecule has 0 bridgehead atoms. The first kappa shape index (κ1) is 12.6. The van der Waals surface area contributed by atoms with Crippen LogP contribution in [0.15, 0.2) is 24.3 Å². The summed E-state index contributed by atoms with van der Waals surface area (Å²) in [4.78, 5) is 8.37. The molecule has 1 aliphatic carbocycles. The number of benzene rings is 1. The minimum Gasteiger partial charge on any atom is -0.436 e. The van der Waals surface area contributed by atoms with Gasteiger partial charge in [0.1, 0.15) is 11.0 Å². The van der Waals surface area contributed by atoms with Crippen molar-refractivity contribution in [3.63, 3.8) is 0 Å². The molecule has 1 aliphatic rings. The Morgan fingerprint density at radius 1 is 1.21 bits per heavy atom. The Kier molecular flexibility index (Phi) is 3.29. The first-order valence-electron chi connectivity index (χ1n) is 5.80. The van der Waals surface area contributed by atoms with E-state index in [1.807, 2.05) is 0 Å². The molecule has 1 aromatic heterocycles. The lowest BCUT2D eigenvalue weighted by Crippen LogP contribution is -1.97. The van der Waals surface area contributed by atoms with Crippen LogP contribution in [0, 0.1) is 5.82 Å². The number of hydrogen-bond donors (Lipinski definition) is 0. The van der Waals surface area contributed by atoms with Crippen molar-refractivity contribution in [1.82, 2.24) is 9.97 Å². The molecule has 1 saturated carbocycles. The average molecular weight is 299 g/mol. The van der Waals surface area contributed by atoms with E-state index >= 15 is 0 Å². The fraction of sp³-hybridized carbons (Fsp3) is 0.231. The summed E-state index contributed by atoms with van der Waals surface area (Å²) < 4.78 is 19.1. The molecule has 0 atom stereocenters. The van der Waals surface area contributed by atoms with E-state index in [1.54, 1.807) is 6.07 Å². The summed E-state index contributed by atoms with van der Waals surface area (Å²) in [5.41, 5.74) is 0. The summed E-state index contributed by atoms with van der Waals surface area (Å²) in [6.45, 7) is 0. The zero-order valence-electron chi connectivity index (χ0n) is 9.74. The van der Waals surface area contributed by atoms with E-state index in [0.29, 0.717) is 11.7 Å². The molecule has 0 unspecified atom stereocenters. The maximum atomic E-state index is 13.7. The van der Waals surface area contributed by atoms with Crippen molar-refractivity contribution in [2.24, 2.45) is 0 Å². The van der Waals surface area contributed by atoms with Crippen molar-refractivity contribution in [1.29, 1.82) is 0 Å². The Bertz CT molecular complexity index is 632. The van der Waals surface area contributed by atoms with Crippen LogP contribution in [0.25, 0.3) is 0 Å². The predicted molar refractivity (Wildman–Crippen MR) is 70.5 cm³/mol. The molecule has 3 rings (SSSR count). The second-order valence-corrected chi connectivity index (χ2v) is 5.11. The van der Waals surface area contributed by atoms with Crippen LogP contribution in [0.5, 0.6) is 11.6 Å². The molecule has 6 heteroatoms. The second kappa shape index (κ2) is 4.94. The van der Waals surface area contributed by atoms with E-state index in [-0.39, 0.29) is 21.8 Å². The molecule has 0 N–H and O–H groups in total. The third-order valence-electron chi connectivity index (χ3n) is 2.76. The third-order valence-corrected chi connectivity index (χ3v) is 3.25. The van der Waals surface area contributed by atoms with Crippen LogP contribution in [-0.2, 0) is 0 Å². The minimum absolute atomic E-state index is 0.0000643. The summed E-state index contributed by atoms with van der Waals surface area (Å²) in [5, 5.41) is 0.286. The zero-order chi connectivity index (χ0) is 13.4. The van der Waals surface area contributed by atoms with Crippen molar-refractivity contribution in [2.45, 2.75) is 18.8 Å². The number of halogens is 3. The van der Waals surface area contributed by atoms with Gasteiger partial charge in [0.25, 0.3) is 0 Å². The first-order valence-corrected chi connectivity index (χ1v) is 6.55. The molecule has 0 amide bonds. The summed E-state index contributed by atoms with van der Waals surface area (Å²) in [5.74, 6) is 0.606. The lowest BCUT2D eigenvalue weighted by molar-refractivity contribution is 0.424. The normalized spacial score (nSPS) is 14.5. The van der Waals surface area contributed by atoms with E-state index in [2.05, 4.69) is 9.97 Å². The van der Waals surface area contributed by atoms with E-state index in [4.69, 9.17) is 27.9 Å². The number of nitrogens with zero attached hydrogens (tertiary/aromatic N) is 2. The summed E-state index contributed by atoms with van der Waals surface area (Å²) in [6.07, 6.45) is 2.09. The quantitative estimate of drug-likeness (QED) is 0.777. The number of ether oxygens (including phenoxy) is 1. The second-order valence-electron chi connectivity index (χ2n) is 4.32. The monoisotopic (exact) mass is 298 g/mol. The van der Waals surface area contributed by atoms with Crippen molar-refractivity contribution in [3.05, 3.63) is 46.1 Å². The molecule has 98 valence electrons. The van der Waals surface area contributed by atoms with Crippen molar-refractivity contribution in [2.75, 3.05) is 0 Å². The first-order chi connectivity index (χ1) is 9.13. The Hall–Kier alpha value is -1.39. The molecule has 0 saturated heterocycles. The van der Waals surface area contributed by atoms with Gasteiger partial charge >= 0.3 is 0 Å². The van der Waals surface area contributed by atoms with Crippen LogP contribution in [0.2, 0.25) is 10.2 Å². The highest BCUT2D eigenvalue weighted by Crippen LogP contribution is 2.39. The third kappa shape index (κ3) is 2.80. The van der Waals surface area contributed by atoms with Gasteiger partial charge in [0.2, 0.25) is 5.88 Å². The maximum Gasteiger partial charge on any atom is 0.224 e. The fourth-order valence-corrected chi connectivity index (χ4v) is 2.01. The van der Waals surface area contributed by atoms with Gasteiger partial charge in [0, 0.05) is 12.0 Å². The van der Waals surface area contributed by atoms with Gasteiger partial charge in [-0.25, -0.2) is 9.37 Å². The molecule has 0 radical (unpaired) electrons. The fourth-order valence-electron chi connectivity index (χ4n) is 1.67. The SMILES string of the molecule is Fc1c(Cl)cccc1Oc1cc(Cl)nc(C2CC2)n1. The largest absolute Gasteiger partial charge is 0.436 e. The lowest BCUT2D eigenvalue weighted by Gasteiger charge is -2.08. The number of rotatable bonds is 3. The molecule has 19 heavy (non-hydrogen) atoms. The standard InChI is InChI=1S/C13H9Cl2FN2O/c14-8-2-1-3-9(12(8)16)19-11-6-10(15)17-13(18-11)7-4-5-7/h1-3,6-7H,4-5H2. The Balaban J connectivity index is 1.92. The molecule has 1 heterocycles. The zero-order valence-corrected chi connectivity index (χ0v) is 11.2. The molecule has 3 nitrogen and oxygen atoms in total.